The maximum Gasteiger partial charge on any atom is 0.315 e. The molecular formula is C15H19N3O2S. The van der Waals surface area contributed by atoms with Gasteiger partial charge in [0.2, 0.25) is 0 Å². The lowest BCUT2D eigenvalue weighted by Gasteiger charge is -2.08. The van der Waals surface area contributed by atoms with Crippen LogP contribution >= 0.6 is 11.3 Å². The summed E-state index contributed by atoms with van der Waals surface area (Å²) in [6, 6.07) is 7.60. The first-order chi connectivity index (χ1) is 10.1. The predicted octanol–water partition coefficient (Wildman–Crippen LogP) is 2.64. The molecule has 0 spiro atoms. The molecule has 5 nitrogen and oxygen atoms in total. The highest BCUT2D eigenvalue weighted by atomic mass is 32.1. The quantitative estimate of drug-likeness (QED) is 0.806. The average molecular weight is 305 g/mol. The molecule has 2 aromatic rings. The number of nitrogens with zero attached hydrogens (tertiary/aromatic N) is 1. The van der Waals surface area contributed by atoms with Crippen molar-refractivity contribution in [1.29, 1.82) is 0 Å². The Labute approximate surface area is 128 Å². The third-order valence-electron chi connectivity index (χ3n) is 2.75. The summed E-state index contributed by atoms with van der Waals surface area (Å²) in [7, 11) is 0. The Morgan fingerprint density at radius 1 is 1.24 bits per heavy atom. The number of urea groups is 1. The van der Waals surface area contributed by atoms with Crippen LogP contribution in [0.15, 0.2) is 30.5 Å². The Kier molecular flexibility index (Phi) is 5.57. The smallest absolute Gasteiger partial charge is 0.315 e. The number of nitrogens with one attached hydrogen (secondary N) is 2. The molecule has 21 heavy (non-hydrogen) atoms. The van der Waals surface area contributed by atoms with Gasteiger partial charge in [-0.25, -0.2) is 9.78 Å². The van der Waals surface area contributed by atoms with Crippen molar-refractivity contribution in [2.45, 2.75) is 20.4 Å². The summed E-state index contributed by atoms with van der Waals surface area (Å²) in [5.74, 6) is 0.807. The number of amides is 2. The van der Waals surface area contributed by atoms with Gasteiger partial charge in [0.25, 0.3) is 0 Å². The molecule has 2 rings (SSSR count). The normalized spacial score (nSPS) is 10.2. The van der Waals surface area contributed by atoms with Gasteiger partial charge >= 0.3 is 6.03 Å². The summed E-state index contributed by atoms with van der Waals surface area (Å²) in [5.41, 5.74) is 1.19. The lowest BCUT2D eigenvalue weighted by molar-refractivity contribution is 0.236. The molecule has 1 aromatic carbocycles. The number of rotatable bonds is 6. The van der Waals surface area contributed by atoms with E-state index in [9.17, 15) is 4.79 Å². The Balaban J connectivity index is 1.59. The maximum absolute atomic E-state index is 11.6. The van der Waals surface area contributed by atoms with Gasteiger partial charge in [-0.3, -0.25) is 0 Å². The Morgan fingerprint density at radius 3 is 2.67 bits per heavy atom. The van der Waals surface area contributed by atoms with E-state index in [0.29, 0.717) is 19.7 Å². The molecule has 0 aliphatic rings. The van der Waals surface area contributed by atoms with Gasteiger partial charge in [0.15, 0.2) is 0 Å². The van der Waals surface area contributed by atoms with Gasteiger partial charge in [0.05, 0.1) is 13.1 Å². The third kappa shape index (κ3) is 5.43. The third-order valence-corrected chi connectivity index (χ3v) is 3.66. The van der Waals surface area contributed by atoms with Gasteiger partial charge in [0, 0.05) is 11.1 Å². The topological polar surface area (TPSA) is 63.2 Å². The summed E-state index contributed by atoms with van der Waals surface area (Å²) in [4.78, 5) is 16.9. The molecule has 1 heterocycles. The molecule has 0 unspecified atom stereocenters. The zero-order valence-corrected chi connectivity index (χ0v) is 13.0. The van der Waals surface area contributed by atoms with Crippen LogP contribution in [0.4, 0.5) is 4.79 Å². The summed E-state index contributed by atoms with van der Waals surface area (Å²) in [6.07, 6.45) is 1.80. The molecule has 0 atom stereocenters. The number of carbonyl (C=O) groups is 1. The highest BCUT2D eigenvalue weighted by Gasteiger charge is 2.02. The predicted molar refractivity (Wildman–Crippen MR) is 83.8 cm³/mol. The summed E-state index contributed by atoms with van der Waals surface area (Å²) >= 11 is 1.58. The fraction of sp³-hybridized carbons (Fsp3) is 0.333. The van der Waals surface area contributed by atoms with Crippen LogP contribution in [0.5, 0.6) is 5.75 Å². The zero-order chi connectivity index (χ0) is 15.1. The molecule has 112 valence electrons. The summed E-state index contributed by atoms with van der Waals surface area (Å²) < 4.78 is 5.52. The van der Waals surface area contributed by atoms with E-state index in [1.807, 2.05) is 38.1 Å². The standard InChI is InChI=1S/C15H19N3O2S/c1-11-3-5-13(6-4-11)20-8-7-16-15(19)18-10-14-17-9-12(2)21-14/h3-6,9H,7-8,10H2,1-2H3,(H2,16,18,19). The lowest BCUT2D eigenvalue weighted by atomic mass is 10.2. The van der Waals surface area contributed by atoms with Crippen molar-refractivity contribution in [2.24, 2.45) is 0 Å². The van der Waals surface area contributed by atoms with Crippen molar-refractivity contribution in [2.75, 3.05) is 13.2 Å². The van der Waals surface area contributed by atoms with Crippen molar-refractivity contribution in [1.82, 2.24) is 15.6 Å². The van der Waals surface area contributed by atoms with Crippen LogP contribution in [-0.4, -0.2) is 24.2 Å². The van der Waals surface area contributed by atoms with E-state index in [-0.39, 0.29) is 6.03 Å². The van der Waals surface area contributed by atoms with Crippen molar-refractivity contribution < 1.29 is 9.53 Å². The van der Waals surface area contributed by atoms with E-state index in [2.05, 4.69) is 15.6 Å². The van der Waals surface area contributed by atoms with E-state index in [4.69, 9.17) is 4.74 Å². The van der Waals surface area contributed by atoms with E-state index in [1.165, 1.54) is 5.56 Å². The zero-order valence-electron chi connectivity index (χ0n) is 12.2. The molecule has 2 amide bonds. The number of hydrogen-bond donors (Lipinski definition) is 2. The van der Waals surface area contributed by atoms with Gasteiger partial charge in [-0.1, -0.05) is 17.7 Å². The number of hydrogen-bond acceptors (Lipinski definition) is 4. The van der Waals surface area contributed by atoms with Crippen LogP contribution in [-0.2, 0) is 6.54 Å². The fourth-order valence-corrected chi connectivity index (χ4v) is 2.40. The monoisotopic (exact) mass is 305 g/mol. The molecule has 2 N–H and O–H groups in total. The van der Waals surface area contributed by atoms with Crippen LogP contribution in [0, 0.1) is 13.8 Å². The minimum absolute atomic E-state index is 0.213. The largest absolute Gasteiger partial charge is 0.492 e. The van der Waals surface area contributed by atoms with Crippen molar-refractivity contribution in [3.63, 3.8) is 0 Å². The van der Waals surface area contributed by atoms with E-state index >= 15 is 0 Å². The second-order valence-electron chi connectivity index (χ2n) is 4.64. The highest BCUT2D eigenvalue weighted by Crippen LogP contribution is 2.11. The first-order valence-electron chi connectivity index (χ1n) is 6.76. The number of ether oxygens (including phenoxy) is 1. The molecule has 0 saturated heterocycles. The number of carbonyl (C=O) groups excluding carboxylic acids is 1. The number of aromatic nitrogens is 1. The lowest BCUT2D eigenvalue weighted by Crippen LogP contribution is -2.37. The maximum atomic E-state index is 11.6. The van der Waals surface area contributed by atoms with Gasteiger partial charge in [-0.15, -0.1) is 11.3 Å². The molecule has 0 bridgehead atoms. The molecule has 0 aliphatic heterocycles. The first kappa shape index (κ1) is 15.3. The van der Waals surface area contributed by atoms with Crippen molar-refractivity contribution >= 4 is 17.4 Å². The highest BCUT2D eigenvalue weighted by molar-refractivity contribution is 7.11. The van der Waals surface area contributed by atoms with E-state index in [1.54, 1.807) is 17.5 Å². The second kappa shape index (κ2) is 7.64. The Morgan fingerprint density at radius 2 is 2.00 bits per heavy atom. The van der Waals surface area contributed by atoms with Crippen molar-refractivity contribution in [3.05, 3.63) is 45.9 Å². The number of thiazole rings is 1. The van der Waals surface area contributed by atoms with E-state index in [0.717, 1.165) is 15.6 Å². The van der Waals surface area contributed by atoms with Gasteiger partial charge in [-0.2, -0.15) is 0 Å². The molecule has 0 aliphatic carbocycles. The molecule has 0 fully saturated rings. The van der Waals surface area contributed by atoms with Crippen LogP contribution in [0.25, 0.3) is 0 Å². The molecule has 1 aromatic heterocycles. The van der Waals surface area contributed by atoms with Crippen LogP contribution in [0.3, 0.4) is 0 Å². The van der Waals surface area contributed by atoms with Gasteiger partial charge in [-0.05, 0) is 26.0 Å². The Bertz CT molecular complexity index is 581. The van der Waals surface area contributed by atoms with Gasteiger partial charge in [0.1, 0.15) is 17.4 Å². The average Bonchev–Trinajstić information content (AvgIpc) is 2.89. The number of aryl methyl sites for hydroxylation is 2. The molecule has 0 saturated carbocycles. The SMILES string of the molecule is Cc1ccc(OCCNC(=O)NCc2ncc(C)s2)cc1. The van der Waals surface area contributed by atoms with Crippen LogP contribution in [0.2, 0.25) is 0 Å². The van der Waals surface area contributed by atoms with E-state index < -0.39 is 0 Å². The van der Waals surface area contributed by atoms with Crippen LogP contribution < -0.4 is 15.4 Å². The first-order valence-corrected chi connectivity index (χ1v) is 7.57. The Hall–Kier alpha value is -2.08. The summed E-state index contributed by atoms with van der Waals surface area (Å²) in [5, 5.41) is 6.41. The number of benzene rings is 1. The van der Waals surface area contributed by atoms with Crippen molar-refractivity contribution in [3.8, 4) is 5.75 Å². The minimum atomic E-state index is -0.213. The van der Waals surface area contributed by atoms with Gasteiger partial charge < -0.3 is 15.4 Å². The molecule has 6 heteroatoms. The molecular weight excluding hydrogens is 286 g/mol. The fourth-order valence-electron chi connectivity index (χ4n) is 1.67. The molecule has 0 radical (unpaired) electrons. The minimum Gasteiger partial charge on any atom is -0.492 e. The van der Waals surface area contributed by atoms with Crippen LogP contribution in [0.1, 0.15) is 15.4 Å². The summed E-state index contributed by atoms with van der Waals surface area (Å²) in [6.45, 7) is 5.36. The second-order valence-corrected chi connectivity index (χ2v) is 5.95.